The van der Waals surface area contributed by atoms with Crippen LogP contribution >= 0.6 is 0 Å². The van der Waals surface area contributed by atoms with Crippen LogP contribution in [-0.2, 0) is 11.2 Å². The number of benzene rings is 1. The number of aryl methyl sites for hydroxylation is 1. The lowest BCUT2D eigenvalue weighted by molar-refractivity contribution is 0.0304. The van der Waals surface area contributed by atoms with Gasteiger partial charge in [-0.05, 0) is 44.9 Å². The predicted molar refractivity (Wildman–Crippen MR) is 94.8 cm³/mol. The minimum atomic E-state index is -0.500. The van der Waals surface area contributed by atoms with E-state index in [-0.39, 0.29) is 6.09 Å². The highest BCUT2D eigenvalue weighted by atomic mass is 16.6. The van der Waals surface area contributed by atoms with Crippen molar-refractivity contribution in [2.24, 2.45) is 10.7 Å². The van der Waals surface area contributed by atoms with Crippen molar-refractivity contribution in [1.82, 2.24) is 4.90 Å². The molecule has 3 N–H and O–H groups in total. The highest BCUT2D eigenvalue weighted by Gasteiger charge is 2.18. The zero-order valence-electron chi connectivity index (χ0n) is 14.7. The lowest BCUT2D eigenvalue weighted by Gasteiger charge is -2.24. The van der Waals surface area contributed by atoms with Crippen molar-refractivity contribution in [3.05, 3.63) is 29.8 Å². The third kappa shape index (κ3) is 7.54. The molecule has 0 spiro atoms. The van der Waals surface area contributed by atoms with Crippen molar-refractivity contribution >= 4 is 17.7 Å². The maximum atomic E-state index is 11.8. The second-order valence-electron chi connectivity index (χ2n) is 6.34. The maximum absolute atomic E-state index is 11.8. The smallest absolute Gasteiger partial charge is 0.410 e. The van der Waals surface area contributed by atoms with E-state index in [0.717, 1.165) is 12.1 Å². The molecule has 0 aromatic heterocycles. The monoisotopic (exact) mass is 320 g/mol. The van der Waals surface area contributed by atoms with Crippen LogP contribution in [0.1, 0.15) is 33.3 Å². The molecule has 0 aliphatic carbocycles. The Morgan fingerprint density at radius 3 is 2.43 bits per heavy atom. The van der Waals surface area contributed by atoms with Gasteiger partial charge in [0.1, 0.15) is 5.60 Å². The number of ether oxygens (including phenoxy) is 1. The molecule has 1 aromatic carbocycles. The summed E-state index contributed by atoms with van der Waals surface area (Å²) in [6.45, 7) is 8.46. The molecule has 0 aliphatic heterocycles. The second-order valence-corrected chi connectivity index (χ2v) is 6.34. The van der Waals surface area contributed by atoms with E-state index in [0.29, 0.717) is 19.0 Å². The molecule has 0 aliphatic rings. The molecule has 128 valence electrons. The number of nitrogens with two attached hydrogens (primary N) is 1. The lowest BCUT2D eigenvalue weighted by Crippen LogP contribution is -2.36. The number of carbonyl (C=O) groups excluding carboxylic acids is 1. The molecule has 0 saturated heterocycles. The van der Waals surface area contributed by atoms with Gasteiger partial charge in [-0.1, -0.05) is 19.1 Å². The predicted octanol–water partition coefficient (Wildman–Crippen LogP) is 2.84. The van der Waals surface area contributed by atoms with Gasteiger partial charge in [-0.25, -0.2) is 4.79 Å². The van der Waals surface area contributed by atoms with E-state index in [2.05, 4.69) is 17.2 Å². The summed E-state index contributed by atoms with van der Waals surface area (Å²) >= 11 is 0. The summed E-state index contributed by atoms with van der Waals surface area (Å²) in [4.78, 5) is 17.5. The Bertz CT molecular complexity index is 533. The van der Waals surface area contributed by atoms with Gasteiger partial charge in [0, 0.05) is 19.3 Å². The van der Waals surface area contributed by atoms with E-state index < -0.39 is 5.60 Å². The fourth-order valence-electron chi connectivity index (χ4n) is 1.76. The standard InChI is InChI=1S/C17H28N4O2/c1-6-13-7-9-14(10-8-13)20-15(18)19-11-12-21(5)16(22)23-17(2,3)4/h7-10H,6,11-12H2,1-5H3,(H3,18,19,20). The van der Waals surface area contributed by atoms with E-state index in [1.807, 2.05) is 45.0 Å². The molecule has 23 heavy (non-hydrogen) atoms. The van der Waals surface area contributed by atoms with Gasteiger partial charge in [0.25, 0.3) is 0 Å². The molecule has 1 amide bonds. The van der Waals surface area contributed by atoms with Crippen LogP contribution in [0.2, 0.25) is 0 Å². The molecule has 1 aromatic rings. The molecule has 6 heteroatoms. The number of hydrogen-bond acceptors (Lipinski definition) is 3. The van der Waals surface area contributed by atoms with Gasteiger partial charge >= 0.3 is 6.09 Å². The van der Waals surface area contributed by atoms with Crippen LogP contribution in [0.4, 0.5) is 10.5 Å². The number of guanidine groups is 1. The molecular formula is C17H28N4O2. The SMILES string of the molecule is CCc1ccc(NC(N)=NCCN(C)C(=O)OC(C)(C)C)cc1. The van der Waals surface area contributed by atoms with Crippen LogP contribution in [0.25, 0.3) is 0 Å². The topological polar surface area (TPSA) is 80.0 Å². The van der Waals surface area contributed by atoms with Gasteiger partial charge < -0.3 is 20.7 Å². The van der Waals surface area contributed by atoms with Crippen LogP contribution in [-0.4, -0.2) is 42.7 Å². The number of anilines is 1. The lowest BCUT2D eigenvalue weighted by atomic mass is 10.1. The van der Waals surface area contributed by atoms with E-state index in [9.17, 15) is 4.79 Å². The number of carbonyl (C=O) groups is 1. The van der Waals surface area contributed by atoms with Crippen molar-refractivity contribution in [2.75, 3.05) is 25.5 Å². The molecule has 0 atom stereocenters. The minimum Gasteiger partial charge on any atom is -0.444 e. The zero-order valence-corrected chi connectivity index (χ0v) is 14.7. The number of rotatable bonds is 5. The Kier molecular flexibility index (Phi) is 6.88. The Morgan fingerprint density at radius 1 is 1.30 bits per heavy atom. The number of aliphatic imine (C=N–C) groups is 1. The van der Waals surface area contributed by atoms with Crippen molar-refractivity contribution < 1.29 is 9.53 Å². The number of likely N-dealkylation sites (N-methyl/N-ethyl adjacent to an activating group) is 1. The van der Waals surface area contributed by atoms with Crippen molar-refractivity contribution in [1.29, 1.82) is 0 Å². The largest absolute Gasteiger partial charge is 0.444 e. The third-order valence-electron chi connectivity index (χ3n) is 3.06. The van der Waals surface area contributed by atoms with E-state index in [1.54, 1.807) is 7.05 Å². The van der Waals surface area contributed by atoms with Gasteiger partial charge in [0.2, 0.25) is 0 Å². The molecule has 0 fully saturated rings. The Balaban J connectivity index is 2.42. The molecule has 0 bridgehead atoms. The van der Waals surface area contributed by atoms with Crippen molar-refractivity contribution in [2.45, 2.75) is 39.7 Å². The van der Waals surface area contributed by atoms with Gasteiger partial charge in [0.05, 0.1) is 6.54 Å². The Morgan fingerprint density at radius 2 is 1.91 bits per heavy atom. The summed E-state index contributed by atoms with van der Waals surface area (Å²) in [6, 6.07) is 8.03. The number of hydrogen-bond donors (Lipinski definition) is 2. The minimum absolute atomic E-state index is 0.326. The van der Waals surface area contributed by atoms with Crippen LogP contribution in [0.15, 0.2) is 29.3 Å². The quantitative estimate of drug-likeness (QED) is 0.646. The van der Waals surface area contributed by atoms with Crippen molar-refractivity contribution in [3.63, 3.8) is 0 Å². The molecule has 0 radical (unpaired) electrons. The first-order chi connectivity index (χ1) is 10.7. The molecule has 1 rings (SSSR count). The Hall–Kier alpha value is -2.24. The fraction of sp³-hybridized carbons (Fsp3) is 0.529. The zero-order chi connectivity index (χ0) is 17.5. The average molecular weight is 320 g/mol. The van der Waals surface area contributed by atoms with Crippen molar-refractivity contribution in [3.8, 4) is 0 Å². The number of nitrogens with zero attached hydrogens (tertiary/aromatic N) is 2. The summed E-state index contributed by atoms with van der Waals surface area (Å²) in [6.07, 6.45) is 0.635. The third-order valence-corrected chi connectivity index (χ3v) is 3.06. The van der Waals surface area contributed by atoms with Crippen LogP contribution < -0.4 is 11.1 Å². The summed E-state index contributed by atoms with van der Waals surface area (Å²) < 4.78 is 5.27. The van der Waals surface area contributed by atoms with Gasteiger partial charge in [0.15, 0.2) is 5.96 Å². The first kappa shape index (κ1) is 18.8. The number of amides is 1. The van der Waals surface area contributed by atoms with E-state index in [4.69, 9.17) is 10.5 Å². The van der Waals surface area contributed by atoms with E-state index >= 15 is 0 Å². The second kappa shape index (κ2) is 8.41. The summed E-state index contributed by atoms with van der Waals surface area (Å²) in [5.41, 5.74) is 7.51. The maximum Gasteiger partial charge on any atom is 0.410 e. The van der Waals surface area contributed by atoms with Gasteiger partial charge in [-0.2, -0.15) is 0 Å². The highest BCUT2D eigenvalue weighted by molar-refractivity contribution is 5.92. The van der Waals surface area contributed by atoms with Gasteiger partial charge in [-0.3, -0.25) is 4.99 Å². The van der Waals surface area contributed by atoms with Gasteiger partial charge in [-0.15, -0.1) is 0 Å². The summed E-state index contributed by atoms with van der Waals surface area (Å²) in [5, 5.41) is 3.03. The first-order valence-electron chi connectivity index (χ1n) is 7.81. The molecule has 6 nitrogen and oxygen atoms in total. The highest BCUT2D eigenvalue weighted by Crippen LogP contribution is 2.10. The normalized spacial score (nSPS) is 12.0. The molecule has 0 heterocycles. The average Bonchev–Trinajstić information content (AvgIpc) is 2.46. The molecular weight excluding hydrogens is 292 g/mol. The fourth-order valence-corrected chi connectivity index (χ4v) is 1.76. The number of nitrogens with one attached hydrogen (secondary N) is 1. The van der Waals surface area contributed by atoms with Crippen LogP contribution in [0.3, 0.4) is 0 Å². The molecule has 0 unspecified atom stereocenters. The summed E-state index contributed by atoms with van der Waals surface area (Å²) in [7, 11) is 1.68. The Labute approximate surface area is 138 Å². The van der Waals surface area contributed by atoms with Crippen LogP contribution in [0, 0.1) is 0 Å². The summed E-state index contributed by atoms with van der Waals surface area (Å²) in [5.74, 6) is 0.326. The van der Waals surface area contributed by atoms with Crippen LogP contribution in [0.5, 0.6) is 0 Å². The molecule has 0 saturated carbocycles. The first-order valence-corrected chi connectivity index (χ1v) is 7.81. The van der Waals surface area contributed by atoms with E-state index in [1.165, 1.54) is 10.5 Å².